The van der Waals surface area contributed by atoms with E-state index in [9.17, 15) is 4.79 Å². The molecule has 0 bridgehead atoms. The number of fused-ring (bicyclic) bond motifs is 1. The summed E-state index contributed by atoms with van der Waals surface area (Å²) in [5.41, 5.74) is 0.849. The van der Waals surface area contributed by atoms with Gasteiger partial charge in [0.2, 0.25) is 0 Å². The lowest BCUT2D eigenvalue weighted by Gasteiger charge is -2.40. The van der Waals surface area contributed by atoms with Gasteiger partial charge in [0.15, 0.2) is 4.77 Å². The van der Waals surface area contributed by atoms with E-state index in [2.05, 4.69) is 4.98 Å². The van der Waals surface area contributed by atoms with Gasteiger partial charge < -0.3 is 9.72 Å². The molecular weight excluding hydrogens is 292 g/mol. The number of methoxy groups -OCH3 is 1. The van der Waals surface area contributed by atoms with Crippen molar-refractivity contribution in [1.82, 2.24) is 9.55 Å². The Morgan fingerprint density at radius 2 is 2.15 bits per heavy atom. The highest BCUT2D eigenvalue weighted by Crippen LogP contribution is 2.36. The van der Waals surface area contributed by atoms with Crippen LogP contribution in [0.5, 0.6) is 0 Å². The molecule has 1 aliphatic carbocycles. The summed E-state index contributed by atoms with van der Waals surface area (Å²) >= 11 is 6.96. The lowest BCUT2D eigenvalue weighted by Crippen LogP contribution is -2.45. The Labute approximate surface area is 126 Å². The third-order valence-electron chi connectivity index (χ3n) is 4.45. The van der Waals surface area contributed by atoms with Gasteiger partial charge in [0.25, 0.3) is 5.56 Å². The van der Waals surface area contributed by atoms with E-state index in [-0.39, 0.29) is 11.2 Å². The van der Waals surface area contributed by atoms with Crippen LogP contribution in [0.4, 0.5) is 0 Å². The Morgan fingerprint density at radius 1 is 1.45 bits per heavy atom. The minimum Gasteiger partial charge on any atom is -0.376 e. The molecular formula is C14H18N2O2S2. The highest BCUT2D eigenvalue weighted by molar-refractivity contribution is 7.71. The van der Waals surface area contributed by atoms with Crippen molar-refractivity contribution in [2.24, 2.45) is 0 Å². The highest BCUT2D eigenvalue weighted by Gasteiger charge is 2.38. The summed E-state index contributed by atoms with van der Waals surface area (Å²) < 4.78 is 7.78. The van der Waals surface area contributed by atoms with Crippen LogP contribution >= 0.6 is 23.6 Å². The Kier molecular flexibility index (Phi) is 3.35. The second-order valence-electron chi connectivity index (χ2n) is 5.55. The zero-order chi connectivity index (χ0) is 14.5. The van der Waals surface area contributed by atoms with Crippen molar-refractivity contribution in [2.45, 2.75) is 45.3 Å². The van der Waals surface area contributed by atoms with Gasteiger partial charge in [-0.1, -0.05) is 0 Å². The second kappa shape index (κ2) is 4.79. The fourth-order valence-corrected chi connectivity index (χ4v) is 4.16. The largest absolute Gasteiger partial charge is 0.376 e. The molecule has 0 unspecified atom stereocenters. The summed E-state index contributed by atoms with van der Waals surface area (Å²) in [6, 6.07) is 0. The first-order chi connectivity index (χ1) is 9.47. The zero-order valence-electron chi connectivity index (χ0n) is 11.9. The Hall–Kier alpha value is -0.980. The van der Waals surface area contributed by atoms with E-state index in [1.54, 1.807) is 23.0 Å². The van der Waals surface area contributed by atoms with E-state index in [0.29, 0.717) is 11.3 Å². The summed E-state index contributed by atoms with van der Waals surface area (Å²) in [7, 11) is 1.72. The summed E-state index contributed by atoms with van der Waals surface area (Å²) in [5.74, 6) is 0. The molecule has 2 aromatic heterocycles. The molecule has 1 fully saturated rings. The van der Waals surface area contributed by atoms with E-state index in [1.165, 1.54) is 0 Å². The van der Waals surface area contributed by atoms with E-state index in [0.717, 1.165) is 39.9 Å². The number of nitrogens with zero attached hydrogens (tertiary/aromatic N) is 1. The Balaban J connectivity index is 2.18. The van der Waals surface area contributed by atoms with Crippen LogP contribution in [-0.4, -0.2) is 22.3 Å². The molecule has 0 atom stereocenters. The molecule has 0 saturated heterocycles. The molecule has 0 aromatic carbocycles. The standard InChI is InChI=1S/C14H18N2O2S2/c1-8-9(2)20-11-10(8)12(17)16(13(19)15-11)7-14(18-3)5-4-6-14/h4-7H2,1-3H3,(H,15,19). The first-order valence-electron chi connectivity index (χ1n) is 6.75. The third kappa shape index (κ3) is 1.98. The molecule has 0 radical (unpaired) electrons. The van der Waals surface area contributed by atoms with Crippen LogP contribution in [0.25, 0.3) is 10.2 Å². The zero-order valence-corrected chi connectivity index (χ0v) is 13.5. The number of aryl methyl sites for hydroxylation is 2. The third-order valence-corrected chi connectivity index (χ3v) is 5.90. The molecule has 0 aliphatic heterocycles. The lowest BCUT2D eigenvalue weighted by atomic mass is 9.80. The van der Waals surface area contributed by atoms with Crippen LogP contribution in [0.15, 0.2) is 4.79 Å². The van der Waals surface area contributed by atoms with Gasteiger partial charge in [-0.25, -0.2) is 0 Å². The van der Waals surface area contributed by atoms with Crippen molar-refractivity contribution in [1.29, 1.82) is 0 Å². The Morgan fingerprint density at radius 3 is 2.70 bits per heavy atom. The monoisotopic (exact) mass is 310 g/mol. The van der Waals surface area contributed by atoms with Crippen molar-refractivity contribution in [3.05, 3.63) is 25.6 Å². The predicted molar refractivity (Wildman–Crippen MR) is 84.3 cm³/mol. The number of aromatic amines is 1. The van der Waals surface area contributed by atoms with Crippen LogP contribution in [0.1, 0.15) is 29.7 Å². The molecule has 3 rings (SSSR count). The number of hydrogen-bond donors (Lipinski definition) is 1. The highest BCUT2D eigenvalue weighted by atomic mass is 32.1. The molecule has 1 aliphatic rings. The van der Waals surface area contributed by atoms with Crippen LogP contribution in [0.2, 0.25) is 0 Å². The van der Waals surface area contributed by atoms with Crippen LogP contribution < -0.4 is 5.56 Å². The normalized spacial score (nSPS) is 17.4. The number of hydrogen-bond acceptors (Lipinski definition) is 4. The number of thiophene rings is 1. The molecule has 20 heavy (non-hydrogen) atoms. The first kappa shape index (κ1) is 14.0. The SMILES string of the molecule is COC1(Cn2c(=S)[nH]c3sc(C)c(C)c3c2=O)CCC1. The molecule has 2 aromatic rings. The molecule has 1 saturated carbocycles. The molecule has 0 spiro atoms. The van der Waals surface area contributed by atoms with E-state index in [4.69, 9.17) is 17.0 Å². The van der Waals surface area contributed by atoms with Crippen LogP contribution in [0.3, 0.4) is 0 Å². The van der Waals surface area contributed by atoms with Crippen LogP contribution in [0, 0.1) is 18.6 Å². The minimum atomic E-state index is -0.210. The maximum Gasteiger partial charge on any atom is 0.263 e. The van der Waals surface area contributed by atoms with Crippen molar-refractivity contribution in [3.8, 4) is 0 Å². The van der Waals surface area contributed by atoms with Gasteiger partial charge in [0, 0.05) is 12.0 Å². The lowest BCUT2D eigenvalue weighted by molar-refractivity contribution is -0.0844. The van der Waals surface area contributed by atoms with E-state index >= 15 is 0 Å². The van der Waals surface area contributed by atoms with Gasteiger partial charge in [-0.2, -0.15) is 0 Å². The van der Waals surface area contributed by atoms with Gasteiger partial charge in [-0.15, -0.1) is 11.3 Å². The van der Waals surface area contributed by atoms with Crippen molar-refractivity contribution >= 4 is 33.8 Å². The summed E-state index contributed by atoms with van der Waals surface area (Å²) in [6.07, 6.45) is 3.13. The smallest absolute Gasteiger partial charge is 0.263 e. The number of ether oxygens (including phenoxy) is 1. The summed E-state index contributed by atoms with van der Waals surface area (Å²) in [6.45, 7) is 4.57. The number of aromatic nitrogens is 2. The molecule has 108 valence electrons. The van der Waals surface area contributed by atoms with Crippen molar-refractivity contribution < 1.29 is 4.74 Å². The molecule has 2 heterocycles. The maximum absolute atomic E-state index is 12.7. The van der Waals surface area contributed by atoms with Gasteiger partial charge in [0.05, 0.1) is 17.5 Å². The first-order valence-corrected chi connectivity index (χ1v) is 7.98. The van der Waals surface area contributed by atoms with E-state index in [1.807, 2.05) is 13.8 Å². The second-order valence-corrected chi connectivity index (χ2v) is 7.16. The fraction of sp³-hybridized carbons (Fsp3) is 0.571. The van der Waals surface area contributed by atoms with Crippen LogP contribution in [-0.2, 0) is 11.3 Å². The molecule has 6 heteroatoms. The average molecular weight is 310 g/mol. The number of nitrogens with one attached hydrogen (secondary N) is 1. The summed E-state index contributed by atoms with van der Waals surface area (Å²) in [4.78, 5) is 18.0. The van der Waals surface area contributed by atoms with Crippen molar-refractivity contribution in [2.75, 3.05) is 7.11 Å². The number of H-pyrrole nitrogens is 1. The molecule has 0 amide bonds. The number of rotatable bonds is 3. The predicted octanol–water partition coefficient (Wildman–Crippen LogP) is 3.31. The van der Waals surface area contributed by atoms with Gasteiger partial charge in [-0.05, 0) is 50.9 Å². The maximum atomic E-state index is 12.7. The Bertz CT molecular complexity index is 775. The van der Waals surface area contributed by atoms with Gasteiger partial charge in [-0.3, -0.25) is 9.36 Å². The van der Waals surface area contributed by atoms with Gasteiger partial charge in [0.1, 0.15) is 4.83 Å². The minimum absolute atomic E-state index is 0.00826. The topological polar surface area (TPSA) is 47.0 Å². The van der Waals surface area contributed by atoms with E-state index < -0.39 is 0 Å². The molecule has 4 nitrogen and oxygen atoms in total. The average Bonchev–Trinajstić information content (AvgIpc) is 2.63. The summed E-state index contributed by atoms with van der Waals surface area (Å²) in [5, 5.41) is 0.770. The van der Waals surface area contributed by atoms with Gasteiger partial charge >= 0.3 is 0 Å². The fourth-order valence-electron chi connectivity index (χ4n) is 2.79. The quantitative estimate of drug-likeness (QED) is 0.885. The molecule has 1 N–H and O–H groups in total. The van der Waals surface area contributed by atoms with Crippen molar-refractivity contribution in [3.63, 3.8) is 0 Å².